The molecule has 32 heavy (non-hydrogen) atoms. The molecule has 0 aliphatic heterocycles. The predicted molar refractivity (Wildman–Crippen MR) is 130 cm³/mol. The Morgan fingerprint density at radius 1 is 1.03 bits per heavy atom. The zero-order valence-corrected chi connectivity index (χ0v) is 19.2. The molecule has 4 aromatic heterocycles. The summed E-state index contributed by atoms with van der Waals surface area (Å²) < 4.78 is 3.87. The molecule has 0 radical (unpaired) electrons. The van der Waals surface area contributed by atoms with Crippen molar-refractivity contribution in [2.24, 2.45) is 0 Å². The summed E-state index contributed by atoms with van der Waals surface area (Å²) in [5.74, 6) is 0.434. The van der Waals surface area contributed by atoms with Gasteiger partial charge in [0.1, 0.15) is 10.3 Å². The quantitative estimate of drug-likeness (QED) is 0.261. The van der Waals surface area contributed by atoms with Crippen LogP contribution in [0.3, 0.4) is 0 Å². The van der Waals surface area contributed by atoms with Crippen molar-refractivity contribution in [3.05, 3.63) is 103 Å². The van der Waals surface area contributed by atoms with Crippen LogP contribution >= 0.6 is 34.7 Å². The summed E-state index contributed by atoms with van der Waals surface area (Å²) in [6.45, 7) is 0.497. The lowest BCUT2D eigenvalue weighted by atomic mass is 10.1. The lowest BCUT2D eigenvalue weighted by Gasteiger charge is -2.12. The van der Waals surface area contributed by atoms with E-state index in [1.165, 1.54) is 33.6 Å². The summed E-state index contributed by atoms with van der Waals surface area (Å²) in [4.78, 5) is 34.8. The molecule has 5 aromatic rings. The Morgan fingerprint density at radius 2 is 1.88 bits per heavy atom. The Hall–Kier alpha value is -2.94. The minimum Gasteiger partial charge on any atom is -0.286 e. The molecule has 160 valence electrons. The zero-order chi connectivity index (χ0) is 22.1. The van der Waals surface area contributed by atoms with Crippen molar-refractivity contribution in [3.8, 4) is 0 Å². The largest absolute Gasteiger partial charge is 0.286 e. The third-order valence-corrected chi connectivity index (χ3v) is 7.19. The van der Waals surface area contributed by atoms with Crippen LogP contribution in [0, 0.1) is 0 Å². The number of nitrogens with zero attached hydrogens (tertiary/aromatic N) is 4. The van der Waals surface area contributed by atoms with Crippen molar-refractivity contribution in [3.63, 3.8) is 0 Å². The molecule has 0 aliphatic carbocycles. The highest BCUT2D eigenvalue weighted by atomic mass is 35.5. The van der Waals surface area contributed by atoms with E-state index < -0.39 is 0 Å². The number of pyridine rings is 1. The highest BCUT2D eigenvalue weighted by Crippen LogP contribution is 2.24. The fourth-order valence-corrected chi connectivity index (χ4v) is 5.26. The summed E-state index contributed by atoms with van der Waals surface area (Å²) in [5.41, 5.74) is 2.84. The van der Waals surface area contributed by atoms with Crippen LogP contribution in [0.25, 0.3) is 15.9 Å². The molecular formula is C23H17ClN4O2S2. The van der Waals surface area contributed by atoms with E-state index in [1.807, 2.05) is 41.8 Å². The second-order valence-electron chi connectivity index (χ2n) is 7.17. The maximum Gasteiger partial charge on any atom is 0.272 e. The van der Waals surface area contributed by atoms with Gasteiger partial charge in [0.2, 0.25) is 0 Å². The third-order valence-electron chi connectivity index (χ3n) is 5.04. The first-order chi connectivity index (χ1) is 15.6. The van der Waals surface area contributed by atoms with Crippen LogP contribution in [-0.2, 0) is 18.7 Å². The van der Waals surface area contributed by atoms with Crippen molar-refractivity contribution >= 4 is 50.6 Å². The molecule has 0 spiro atoms. The highest BCUT2D eigenvalue weighted by molar-refractivity contribution is 7.98. The van der Waals surface area contributed by atoms with E-state index in [0.29, 0.717) is 50.5 Å². The van der Waals surface area contributed by atoms with Crippen LogP contribution in [0.15, 0.2) is 80.9 Å². The van der Waals surface area contributed by atoms with Crippen molar-refractivity contribution in [2.45, 2.75) is 23.9 Å². The first-order valence-corrected chi connectivity index (χ1v) is 12.2. The summed E-state index contributed by atoms with van der Waals surface area (Å²) in [7, 11) is 0. The van der Waals surface area contributed by atoms with Gasteiger partial charge in [-0.05, 0) is 47.7 Å². The highest BCUT2D eigenvalue weighted by Gasteiger charge is 2.14. The number of rotatable bonds is 6. The van der Waals surface area contributed by atoms with Gasteiger partial charge in [0, 0.05) is 29.6 Å². The summed E-state index contributed by atoms with van der Waals surface area (Å²) in [5, 5.41) is 3.18. The maximum atomic E-state index is 13.2. The average Bonchev–Trinajstić information content (AvgIpc) is 3.27. The summed E-state index contributed by atoms with van der Waals surface area (Å²) in [6.07, 6.45) is 2.38. The minimum atomic E-state index is -0.132. The van der Waals surface area contributed by atoms with Crippen LogP contribution < -0.4 is 11.1 Å². The molecule has 0 fully saturated rings. The fourth-order valence-electron chi connectivity index (χ4n) is 3.44. The van der Waals surface area contributed by atoms with Gasteiger partial charge in [0.15, 0.2) is 5.16 Å². The van der Waals surface area contributed by atoms with Crippen LogP contribution in [-0.4, -0.2) is 18.9 Å². The first kappa shape index (κ1) is 20.9. The molecule has 6 nitrogen and oxygen atoms in total. The van der Waals surface area contributed by atoms with E-state index in [9.17, 15) is 9.59 Å². The Morgan fingerprint density at radius 3 is 2.72 bits per heavy atom. The van der Waals surface area contributed by atoms with E-state index in [-0.39, 0.29) is 11.1 Å². The average molecular weight is 481 g/mol. The number of halogens is 1. The van der Waals surface area contributed by atoms with Gasteiger partial charge in [-0.15, -0.1) is 11.3 Å². The van der Waals surface area contributed by atoms with Gasteiger partial charge in [0.05, 0.1) is 11.2 Å². The molecule has 5 rings (SSSR count). The van der Waals surface area contributed by atoms with Gasteiger partial charge >= 0.3 is 0 Å². The number of hydrogen-bond donors (Lipinski definition) is 0. The first-order valence-electron chi connectivity index (χ1n) is 9.91. The molecule has 9 heteroatoms. The molecular weight excluding hydrogens is 464 g/mol. The summed E-state index contributed by atoms with van der Waals surface area (Å²) in [6, 6.07) is 16.4. The molecule has 0 amide bonds. The topological polar surface area (TPSA) is 69.3 Å². The maximum absolute atomic E-state index is 13.2. The second-order valence-corrected chi connectivity index (χ2v) is 9.46. The Bertz CT molecular complexity index is 1540. The van der Waals surface area contributed by atoms with Crippen molar-refractivity contribution in [1.29, 1.82) is 0 Å². The van der Waals surface area contributed by atoms with E-state index in [1.54, 1.807) is 22.9 Å². The van der Waals surface area contributed by atoms with Gasteiger partial charge < -0.3 is 0 Å². The van der Waals surface area contributed by atoms with Crippen LogP contribution in [0.5, 0.6) is 0 Å². The monoisotopic (exact) mass is 480 g/mol. The molecule has 0 saturated heterocycles. The van der Waals surface area contributed by atoms with E-state index in [2.05, 4.69) is 4.98 Å². The number of aromatic nitrogens is 4. The van der Waals surface area contributed by atoms with Crippen LogP contribution in [0.4, 0.5) is 0 Å². The third kappa shape index (κ3) is 4.21. The summed E-state index contributed by atoms with van der Waals surface area (Å²) >= 11 is 8.79. The Balaban J connectivity index is 1.46. The molecule has 0 saturated carbocycles. The SMILES string of the molecule is O=c1c2sccc2nc(SCc2cc(=O)n3ccccc3n2)n1CCc1ccc(Cl)cc1. The molecule has 0 bridgehead atoms. The minimum absolute atomic E-state index is 0.0481. The van der Waals surface area contributed by atoms with Crippen molar-refractivity contribution in [1.82, 2.24) is 18.9 Å². The van der Waals surface area contributed by atoms with Gasteiger partial charge in [-0.25, -0.2) is 9.97 Å². The number of hydrogen-bond acceptors (Lipinski definition) is 6. The number of fused-ring (bicyclic) bond motifs is 2. The van der Waals surface area contributed by atoms with Crippen molar-refractivity contribution in [2.75, 3.05) is 0 Å². The molecule has 0 unspecified atom stereocenters. The second kappa shape index (κ2) is 8.90. The fraction of sp³-hybridized carbons (Fsp3) is 0.130. The smallest absolute Gasteiger partial charge is 0.272 e. The zero-order valence-electron chi connectivity index (χ0n) is 16.8. The van der Waals surface area contributed by atoms with Crippen molar-refractivity contribution < 1.29 is 0 Å². The van der Waals surface area contributed by atoms with Crippen LogP contribution in [0.1, 0.15) is 11.3 Å². The standard InChI is InChI=1S/C23H17ClN4O2S2/c24-16-6-4-15(5-7-16)8-11-28-22(30)21-18(9-12-31-21)26-23(28)32-14-17-13-20(29)27-10-2-1-3-19(27)25-17/h1-7,9-10,12-13H,8,11,14H2. The van der Waals surface area contributed by atoms with Gasteiger partial charge in [-0.3, -0.25) is 18.6 Å². The lowest BCUT2D eigenvalue weighted by molar-refractivity contribution is 0.596. The number of benzene rings is 1. The van der Waals surface area contributed by atoms with Crippen LogP contribution in [0.2, 0.25) is 5.02 Å². The molecule has 4 heterocycles. The number of thiophene rings is 1. The number of thioether (sulfide) groups is 1. The van der Waals surface area contributed by atoms with E-state index in [4.69, 9.17) is 16.6 Å². The Kier molecular flexibility index (Phi) is 5.82. The van der Waals surface area contributed by atoms with Gasteiger partial charge in [0.25, 0.3) is 11.1 Å². The van der Waals surface area contributed by atoms with E-state index in [0.717, 1.165) is 5.56 Å². The van der Waals surface area contributed by atoms with Gasteiger partial charge in [-0.2, -0.15) is 0 Å². The Labute approximate surface area is 196 Å². The molecule has 0 aliphatic rings. The molecule has 0 atom stereocenters. The predicted octanol–water partition coefficient (Wildman–Crippen LogP) is 4.65. The molecule has 1 aromatic carbocycles. The van der Waals surface area contributed by atoms with E-state index >= 15 is 0 Å². The van der Waals surface area contributed by atoms with Gasteiger partial charge in [-0.1, -0.05) is 41.6 Å². The normalized spacial score (nSPS) is 11.4. The number of aryl methyl sites for hydroxylation is 1. The molecule has 0 N–H and O–H groups in total. The lowest BCUT2D eigenvalue weighted by Crippen LogP contribution is -2.23.